The first kappa shape index (κ1) is 19.0. The molecule has 0 fully saturated rings. The highest BCUT2D eigenvalue weighted by Gasteiger charge is 2.39. The molecule has 1 heterocycles. The van der Waals surface area contributed by atoms with Crippen LogP contribution >= 0.6 is 11.6 Å². The Bertz CT molecular complexity index is 1110. The molecule has 3 aromatic carbocycles. The van der Waals surface area contributed by atoms with E-state index in [9.17, 15) is 9.59 Å². The van der Waals surface area contributed by atoms with Crippen molar-refractivity contribution in [2.24, 2.45) is 0 Å². The van der Waals surface area contributed by atoms with Gasteiger partial charge in [0.25, 0.3) is 11.8 Å². The number of halogens is 1. The number of nitrogens with one attached hydrogen (secondary N) is 1. The number of carbonyl (C=O) groups excluding carboxylic acids is 2. The molecule has 0 saturated heterocycles. The number of anilines is 1. The van der Waals surface area contributed by atoms with Gasteiger partial charge in [-0.25, -0.2) is 0 Å². The predicted octanol–water partition coefficient (Wildman–Crippen LogP) is 5.04. The first-order chi connectivity index (χ1) is 14.0. The third kappa shape index (κ3) is 3.80. The Labute approximate surface area is 174 Å². The van der Waals surface area contributed by atoms with Crippen molar-refractivity contribution in [3.05, 3.63) is 106 Å². The van der Waals surface area contributed by atoms with Gasteiger partial charge >= 0.3 is 0 Å². The Morgan fingerprint density at radius 1 is 0.828 bits per heavy atom. The Morgan fingerprint density at radius 2 is 1.48 bits per heavy atom. The summed E-state index contributed by atoms with van der Waals surface area (Å²) in [6.45, 7) is 2.14. The van der Waals surface area contributed by atoms with Gasteiger partial charge in [0.05, 0.1) is 12.1 Å². The fraction of sp³-hybridized carbons (Fsp3) is 0.0833. The van der Waals surface area contributed by atoms with Gasteiger partial charge in [-0.15, -0.1) is 0 Å². The van der Waals surface area contributed by atoms with Gasteiger partial charge in [-0.1, -0.05) is 72.3 Å². The number of carbonyl (C=O) groups is 2. The molecular formula is C24H19ClN2O2. The van der Waals surface area contributed by atoms with Gasteiger partial charge in [-0.05, 0) is 41.8 Å². The molecule has 0 spiro atoms. The van der Waals surface area contributed by atoms with Crippen molar-refractivity contribution in [2.45, 2.75) is 13.5 Å². The number of benzene rings is 3. The van der Waals surface area contributed by atoms with Crippen LogP contribution in [0, 0.1) is 6.92 Å². The van der Waals surface area contributed by atoms with Crippen LogP contribution in [-0.2, 0) is 16.1 Å². The van der Waals surface area contributed by atoms with Crippen LogP contribution in [0.5, 0.6) is 0 Å². The molecule has 1 N–H and O–H groups in total. The summed E-state index contributed by atoms with van der Waals surface area (Å²) in [5.41, 5.74) is 4.01. The van der Waals surface area contributed by atoms with E-state index in [0.29, 0.717) is 21.9 Å². The van der Waals surface area contributed by atoms with E-state index in [-0.39, 0.29) is 18.4 Å². The SMILES string of the molecule is Cc1ccccc1NC1=C(c2ccccc2)C(=O)N(Cc2ccc(Cl)cc2)C1=O. The summed E-state index contributed by atoms with van der Waals surface area (Å²) >= 11 is 5.95. The highest BCUT2D eigenvalue weighted by molar-refractivity contribution is 6.36. The van der Waals surface area contributed by atoms with E-state index in [1.807, 2.05) is 73.7 Å². The molecule has 29 heavy (non-hydrogen) atoms. The molecule has 0 bridgehead atoms. The molecule has 5 heteroatoms. The normalized spacial score (nSPS) is 13.9. The van der Waals surface area contributed by atoms with E-state index in [0.717, 1.165) is 16.8 Å². The smallest absolute Gasteiger partial charge is 0.278 e. The van der Waals surface area contributed by atoms with Crippen molar-refractivity contribution in [3.8, 4) is 0 Å². The Morgan fingerprint density at radius 3 is 2.17 bits per heavy atom. The maximum absolute atomic E-state index is 13.3. The summed E-state index contributed by atoms with van der Waals surface area (Å²) in [6, 6.07) is 24.1. The molecule has 0 radical (unpaired) electrons. The van der Waals surface area contributed by atoms with E-state index >= 15 is 0 Å². The Balaban J connectivity index is 1.73. The molecule has 144 valence electrons. The molecular weight excluding hydrogens is 384 g/mol. The van der Waals surface area contributed by atoms with E-state index in [4.69, 9.17) is 11.6 Å². The molecule has 3 aromatic rings. The number of aryl methyl sites for hydroxylation is 1. The quantitative estimate of drug-likeness (QED) is 0.608. The second-order valence-corrected chi connectivity index (χ2v) is 7.32. The predicted molar refractivity (Wildman–Crippen MR) is 115 cm³/mol. The monoisotopic (exact) mass is 402 g/mol. The van der Waals surface area contributed by atoms with E-state index in [1.54, 1.807) is 12.1 Å². The number of amides is 2. The summed E-state index contributed by atoms with van der Waals surface area (Å²) in [5.74, 6) is -0.653. The summed E-state index contributed by atoms with van der Waals surface area (Å²) in [6.07, 6.45) is 0. The minimum atomic E-state index is -0.341. The first-order valence-electron chi connectivity index (χ1n) is 9.27. The van der Waals surface area contributed by atoms with Crippen molar-refractivity contribution in [3.63, 3.8) is 0 Å². The molecule has 4 rings (SSSR count). The molecule has 2 amide bonds. The number of para-hydroxylation sites is 1. The Hall–Kier alpha value is -3.37. The van der Waals surface area contributed by atoms with Crippen LogP contribution in [0.3, 0.4) is 0 Å². The average molecular weight is 403 g/mol. The lowest BCUT2D eigenvalue weighted by molar-refractivity contribution is -0.137. The van der Waals surface area contributed by atoms with E-state index < -0.39 is 0 Å². The number of hydrogen-bond donors (Lipinski definition) is 1. The van der Waals surface area contributed by atoms with E-state index in [1.165, 1.54) is 4.90 Å². The number of nitrogens with zero attached hydrogens (tertiary/aromatic N) is 1. The van der Waals surface area contributed by atoms with Gasteiger partial charge in [0.2, 0.25) is 0 Å². The first-order valence-corrected chi connectivity index (χ1v) is 9.65. The molecule has 0 aromatic heterocycles. The second kappa shape index (κ2) is 7.94. The highest BCUT2D eigenvalue weighted by Crippen LogP contribution is 2.32. The van der Waals surface area contributed by atoms with Gasteiger partial charge in [0.15, 0.2) is 0 Å². The summed E-state index contributed by atoms with van der Waals surface area (Å²) in [7, 11) is 0. The zero-order valence-electron chi connectivity index (χ0n) is 15.9. The van der Waals surface area contributed by atoms with Crippen LogP contribution in [-0.4, -0.2) is 16.7 Å². The summed E-state index contributed by atoms with van der Waals surface area (Å²) in [5, 5.41) is 3.82. The maximum atomic E-state index is 13.3. The third-order valence-corrected chi connectivity index (χ3v) is 5.14. The molecule has 0 unspecified atom stereocenters. The van der Waals surface area contributed by atoms with Crippen LogP contribution in [0.15, 0.2) is 84.6 Å². The van der Waals surface area contributed by atoms with Crippen molar-refractivity contribution < 1.29 is 9.59 Å². The third-order valence-electron chi connectivity index (χ3n) is 4.89. The minimum Gasteiger partial charge on any atom is -0.350 e. The van der Waals surface area contributed by atoms with Crippen LogP contribution in [0.2, 0.25) is 5.02 Å². The molecule has 1 aliphatic heterocycles. The highest BCUT2D eigenvalue weighted by atomic mass is 35.5. The standard InChI is InChI=1S/C24H19ClN2O2/c1-16-7-5-6-10-20(16)26-22-21(18-8-3-2-4-9-18)23(28)27(24(22)29)15-17-11-13-19(25)14-12-17/h2-14,26H,15H2,1H3. The molecule has 0 atom stereocenters. The van der Waals surface area contributed by atoms with Crippen molar-refractivity contribution >= 4 is 34.7 Å². The van der Waals surface area contributed by atoms with Gasteiger partial charge < -0.3 is 5.32 Å². The fourth-order valence-corrected chi connectivity index (χ4v) is 3.45. The van der Waals surface area contributed by atoms with Crippen LogP contribution in [0.1, 0.15) is 16.7 Å². The second-order valence-electron chi connectivity index (χ2n) is 6.88. The molecule has 1 aliphatic rings. The Kier molecular flexibility index (Phi) is 5.19. The van der Waals surface area contributed by atoms with Crippen LogP contribution in [0.4, 0.5) is 5.69 Å². The number of imide groups is 1. The van der Waals surface area contributed by atoms with Crippen molar-refractivity contribution in [1.29, 1.82) is 0 Å². The van der Waals surface area contributed by atoms with Gasteiger partial charge in [-0.3, -0.25) is 14.5 Å². The average Bonchev–Trinajstić information content (AvgIpc) is 2.96. The fourth-order valence-electron chi connectivity index (χ4n) is 3.33. The molecule has 0 saturated carbocycles. The van der Waals surface area contributed by atoms with Crippen molar-refractivity contribution in [2.75, 3.05) is 5.32 Å². The number of rotatable bonds is 5. The van der Waals surface area contributed by atoms with Crippen molar-refractivity contribution in [1.82, 2.24) is 4.90 Å². The largest absolute Gasteiger partial charge is 0.350 e. The van der Waals surface area contributed by atoms with Gasteiger partial charge in [-0.2, -0.15) is 0 Å². The summed E-state index contributed by atoms with van der Waals surface area (Å²) in [4.78, 5) is 27.8. The topological polar surface area (TPSA) is 49.4 Å². The maximum Gasteiger partial charge on any atom is 0.278 e. The van der Waals surface area contributed by atoms with E-state index in [2.05, 4.69) is 5.32 Å². The zero-order valence-corrected chi connectivity index (χ0v) is 16.6. The lowest BCUT2D eigenvalue weighted by Gasteiger charge is -2.16. The lowest BCUT2D eigenvalue weighted by Crippen LogP contribution is -2.32. The van der Waals surface area contributed by atoms with Gasteiger partial charge in [0.1, 0.15) is 5.70 Å². The summed E-state index contributed by atoms with van der Waals surface area (Å²) < 4.78 is 0. The molecule has 0 aliphatic carbocycles. The van der Waals surface area contributed by atoms with Gasteiger partial charge in [0, 0.05) is 10.7 Å². The minimum absolute atomic E-state index is 0.185. The molecule has 4 nitrogen and oxygen atoms in total. The number of hydrogen-bond acceptors (Lipinski definition) is 3. The van der Waals surface area contributed by atoms with Crippen LogP contribution < -0.4 is 5.32 Å². The zero-order chi connectivity index (χ0) is 20.4. The van der Waals surface area contributed by atoms with Crippen LogP contribution in [0.25, 0.3) is 5.57 Å². The lowest BCUT2D eigenvalue weighted by atomic mass is 10.0.